The molecule has 0 saturated heterocycles. The number of hydrogen-bond donors (Lipinski definition) is 1. The Kier molecular flexibility index (Phi) is 5.05. The van der Waals surface area contributed by atoms with Gasteiger partial charge in [0.05, 0.1) is 9.82 Å². The van der Waals surface area contributed by atoms with Crippen molar-refractivity contribution in [1.29, 1.82) is 0 Å². The average molecular weight is 351 g/mol. The summed E-state index contributed by atoms with van der Waals surface area (Å²) >= 11 is 3.45. The van der Waals surface area contributed by atoms with Crippen LogP contribution in [0.4, 0.5) is 5.69 Å². The maximum absolute atomic E-state index is 11.2. The Labute approximate surface area is 120 Å². The minimum atomic E-state index is -3.94. The van der Waals surface area contributed by atoms with E-state index in [1.165, 1.54) is 12.1 Å². The molecule has 0 fully saturated rings. The second kappa shape index (κ2) is 5.98. The quantitative estimate of drug-likeness (QED) is 0.500. The van der Waals surface area contributed by atoms with E-state index in [1.54, 1.807) is 0 Å². The number of sulfonamides is 1. The van der Waals surface area contributed by atoms with Crippen LogP contribution < -0.4 is 5.14 Å². The lowest BCUT2D eigenvalue weighted by molar-refractivity contribution is -0.385. The molecule has 8 heteroatoms. The molecule has 2 N–H and O–H groups in total. The van der Waals surface area contributed by atoms with Crippen LogP contribution in [0.25, 0.3) is 0 Å². The Morgan fingerprint density at radius 2 is 2.05 bits per heavy atom. The van der Waals surface area contributed by atoms with E-state index < -0.39 is 14.9 Å². The molecule has 106 valence electrons. The Hall–Kier alpha value is -0.990. The number of halogens is 1. The van der Waals surface area contributed by atoms with Gasteiger partial charge in [-0.2, -0.15) is 0 Å². The van der Waals surface area contributed by atoms with Gasteiger partial charge in [0, 0.05) is 22.4 Å². The third kappa shape index (κ3) is 3.74. The van der Waals surface area contributed by atoms with Gasteiger partial charge in [0.1, 0.15) is 0 Å². The van der Waals surface area contributed by atoms with Gasteiger partial charge < -0.3 is 0 Å². The topological polar surface area (TPSA) is 103 Å². The summed E-state index contributed by atoms with van der Waals surface area (Å²) in [5.41, 5.74) is 0.262. The summed E-state index contributed by atoms with van der Waals surface area (Å²) in [6, 6.07) is 3.76. The van der Waals surface area contributed by atoms with Crippen molar-refractivity contribution in [2.45, 2.75) is 35.9 Å². The molecule has 0 aliphatic carbocycles. The second-order valence-corrected chi connectivity index (χ2v) is 6.97. The van der Waals surface area contributed by atoms with Crippen LogP contribution in [0, 0.1) is 10.1 Å². The molecule has 0 aromatic heterocycles. The summed E-state index contributed by atoms with van der Waals surface area (Å²) in [6.07, 6.45) is 0.801. The molecular weight excluding hydrogens is 336 g/mol. The van der Waals surface area contributed by atoms with Crippen molar-refractivity contribution in [3.63, 3.8) is 0 Å². The van der Waals surface area contributed by atoms with E-state index in [4.69, 9.17) is 5.14 Å². The van der Waals surface area contributed by atoms with E-state index in [1.807, 2.05) is 13.8 Å². The molecule has 1 aromatic rings. The molecule has 0 aliphatic rings. The fourth-order valence-corrected chi connectivity index (χ4v) is 2.61. The van der Waals surface area contributed by atoms with Crippen LogP contribution in [0.15, 0.2) is 23.1 Å². The highest BCUT2D eigenvalue weighted by Crippen LogP contribution is 2.34. The summed E-state index contributed by atoms with van der Waals surface area (Å²) < 4.78 is 22.4. The van der Waals surface area contributed by atoms with Gasteiger partial charge in [-0.25, -0.2) is 13.6 Å². The number of nitrogens with two attached hydrogens (primary N) is 1. The maximum Gasteiger partial charge on any atom is 0.274 e. The van der Waals surface area contributed by atoms with Gasteiger partial charge in [0.2, 0.25) is 10.0 Å². The minimum absolute atomic E-state index is 0.0755. The van der Waals surface area contributed by atoms with E-state index in [2.05, 4.69) is 15.9 Å². The van der Waals surface area contributed by atoms with Crippen LogP contribution >= 0.6 is 15.9 Å². The summed E-state index contributed by atoms with van der Waals surface area (Å²) in [4.78, 5) is 10.3. The molecule has 0 spiro atoms. The molecule has 1 aromatic carbocycles. The van der Waals surface area contributed by atoms with Crippen LogP contribution in [0.1, 0.15) is 31.7 Å². The fourth-order valence-electron chi connectivity index (χ4n) is 1.79. The zero-order valence-corrected chi connectivity index (χ0v) is 12.9. The first-order chi connectivity index (χ1) is 8.68. The van der Waals surface area contributed by atoms with Crippen LogP contribution in [-0.4, -0.2) is 18.2 Å². The number of benzene rings is 1. The third-order valence-corrected chi connectivity index (χ3v) is 5.30. The number of hydrogen-bond acceptors (Lipinski definition) is 4. The lowest BCUT2D eigenvalue weighted by Crippen LogP contribution is -2.14. The number of rotatable bonds is 5. The van der Waals surface area contributed by atoms with Gasteiger partial charge in [0.25, 0.3) is 5.69 Å². The van der Waals surface area contributed by atoms with Crippen LogP contribution in [0.5, 0.6) is 0 Å². The first-order valence-corrected chi connectivity index (χ1v) is 8.09. The lowest BCUT2D eigenvalue weighted by Gasteiger charge is -2.17. The third-order valence-electron chi connectivity index (χ3n) is 2.95. The SMILES string of the molecule is CCC(Br)C(C)c1ccc(S(N)(=O)=O)cc1[N+](=O)[O-]. The summed E-state index contributed by atoms with van der Waals surface area (Å²) in [6.45, 7) is 3.81. The second-order valence-electron chi connectivity index (χ2n) is 4.24. The zero-order valence-electron chi connectivity index (χ0n) is 10.5. The molecule has 0 saturated carbocycles. The van der Waals surface area contributed by atoms with E-state index >= 15 is 0 Å². The molecule has 0 amide bonds. The van der Waals surface area contributed by atoms with Crippen LogP contribution in [0.2, 0.25) is 0 Å². The monoisotopic (exact) mass is 350 g/mol. The number of nitro groups is 1. The largest absolute Gasteiger partial charge is 0.274 e. The van der Waals surface area contributed by atoms with Crippen LogP contribution in [0.3, 0.4) is 0 Å². The van der Waals surface area contributed by atoms with Crippen molar-refractivity contribution in [2.24, 2.45) is 5.14 Å². The molecule has 0 radical (unpaired) electrons. The minimum Gasteiger partial charge on any atom is -0.258 e. The van der Waals surface area contributed by atoms with Crippen LogP contribution in [-0.2, 0) is 10.0 Å². The predicted octanol–water partition coefficient (Wildman–Crippen LogP) is 2.52. The van der Waals surface area contributed by atoms with Gasteiger partial charge in [-0.1, -0.05) is 35.8 Å². The highest BCUT2D eigenvalue weighted by molar-refractivity contribution is 9.09. The summed E-state index contributed by atoms with van der Waals surface area (Å²) in [7, 11) is -3.94. The molecule has 6 nitrogen and oxygen atoms in total. The summed E-state index contributed by atoms with van der Waals surface area (Å²) in [5, 5.41) is 16.0. The molecule has 1 rings (SSSR count). The average Bonchev–Trinajstić information content (AvgIpc) is 2.35. The first-order valence-electron chi connectivity index (χ1n) is 5.63. The van der Waals surface area contributed by atoms with Crippen molar-refractivity contribution in [3.05, 3.63) is 33.9 Å². The maximum atomic E-state index is 11.2. The van der Waals surface area contributed by atoms with E-state index in [-0.39, 0.29) is 21.3 Å². The molecule has 2 atom stereocenters. The zero-order chi connectivity index (χ0) is 14.8. The standard InChI is InChI=1S/C11H15BrN2O4S/c1-3-10(12)7(2)9-5-4-8(19(13,17)18)6-11(9)14(15)16/h4-7,10H,3H2,1-2H3,(H2,13,17,18). The van der Waals surface area contributed by atoms with Crippen molar-refractivity contribution >= 4 is 31.6 Å². The van der Waals surface area contributed by atoms with Crippen molar-refractivity contribution < 1.29 is 13.3 Å². The highest BCUT2D eigenvalue weighted by Gasteiger charge is 2.25. The highest BCUT2D eigenvalue weighted by atomic mass is 79.9. The Morgan fingerprint density at radius 3 is 2.47 bits per heavy atom. The van der Waals surface area contributed by atoms with Crippen molar-refractivity contribution in [1.82, 2.24) is 0 Å². The fraction of sp³-hybridized carbons (Fsp3) is 0.455. The molecular formula is C11H15BrN2O4S. The van der Waals surface area contributed by atoms with Gasteiger partial charge in [-0.3, -0.25) is 10.1 Å². The van der Waals surface area contributed by atoms with Gasteiger partial charge in [-0.05, 0) is 12.5 Å². The molecule has 19 heavy (non-hydrogen) atoms. The molecule has 0 bridgehead atoms. The first kappa shape index (κ1) is 16.1. The van der Waals surface area contributed by atoms with Gasteiger partial charge in [-0.15, -0.1) is 0 Å². The number of primary sulfonamides is 1. The number of nitro benzene ring substituents is 1. The number of alkyl halides is 1. The van der Waals surface area contributed by atoms with Gasteiger partial charge in [0.15, 0.2) is 0 Å². The Balaban J connectivity index is 3.39. The Bertz CT molecular complexity index is 588. The number of nitrogens with zero attached hydrogens (tertiary/aromatic N) is 1. The van der Waals surface area contributed by atoms with Crippen molar-refractivity contribution in [2.75, 3.05) is 0 Å². The predicted molar refractivity (Wildman–Crippen MR) is 75.9 cm³/mol. The Morgan fingerprint density at radius 1 is 1.47 bits per heavy atom. The van der Waals surface area contributed by atoms with E-state index in [0.29, 0.717) is 5.56 Å². The lowest BCUT2D eigenvalue weighted by atomic mass is 9.95. The molecule has 0 aliphatic heterocycles. The van der Waals surface area contributed by atoms with E-state index in [9.17, 15) is 18.5 Å². The summed E-state index contributed by atoms with van der Waals surface area (Å²) in [5.74, 6) is -0.111. The normalized spacial score (nSPS) is 14.9. The van der Waals surface area contributed by atoms with E-state index in [0.717, 1.165) is 12.5 Å². The van der Waals surface area contributed by atoms with Gasteiger partial charge >= 0.3 is 0 Å². The molecule has 2 unspecified atom stereocenters. The van der Waals surface area contributed by atoms with Crippen molar-refractivity contribution in [3.8, 4) is 0 Å². The smallest absolute Gasteiger partial charge is 0.258 e. The molecule has 0 heterocycles.